The highest BCUT2D eigenvalue weighted by molar-refractivity contribution is 5.95. The molecule has 1 atom stereocenters. The fourth-order valence-electron chi connectivity index (χ4n) is 3.20. The Morgan fingerprint density at radius 2 is 1.92 bits per heavy atom. The van der Waals surface area contributed by atoms with Crippen LogP contribution in [-0.4, -0.2) is 25.7 Å². The Morgan fingerprint density at radius 1 is 1.23 bits per heavy atom. The first-order valence-electron chi connectivity index (χ1n) is 8.30. The van der Waals surface area contributed by atoms with Crippen LogP contribution in [0.5, 0.6) is 0 Å². The molecular formula is C20H19N3O3. The normalized spacial score (nSPS) is 18.9. The van der Waals surface area contributed by atoms with E-state index in [-0.39, 0.29) is 18.4 Å². The molecule has 0 spiro atoms. The van der Waals surface area contributed by atoms with Gasteiger partial charge in [0.1, 0.15) is 0 Å². The van der Waals surface area contributed by atoms with Crippen molar-refractivity contribution in [2.75, 3.05) is 18.6 Å². The van der Waals surface area contributed by atoms with Gasteiger partial charge in [-0.3, -0.25) is 9.69 Å². The Bertz CT molecular complexity index is 843. The molecule has 1 N–H and O–H groups in total. The van der Waals surface area contributed by atoms with Crippen molar-refractivity contribution in [3.63, 3.8) is 0 Å². The van der Waals surface area contributed by atoms with Crippen molar-refractivity contribution in [1.82, 2.24) is 5.32 Å². The molecule has 1 heterocycles. The number of carbonyl (C=O) groups is 2. The number of methoxy groups -OCH3 is 1. The molecule has 1 aliphatic heterocycles. The molecular weight excluding hydrogens is 330 g/mol. The molecule has 0 radical (unpaired) electrons. The van der Waals surface area contributed by atoms with Crippen molar-refractivity contribution < 1.29 is 14.3 Å². The smallest absolute Gasteiger partial charge is 0.322 e. The Kier molecular flexibility index (Phi) is 4.90. The minimum absolute atomic E-state index is 0.180. The molecule has 6 heteroatoms. The summed E-state index contributed by atoms with van der Waals surface area (Å²) in [6.45, 7) is 0.388. The number of anilines is 1. The van der Waals surface area contributed by atoms with Crippen LogP contribution in [-0.2, 0) is 15.1 Å². The number of carbonyl (C=O) groups excluding carboxylic acids is 2. The summed E-state index contributed by atoms with van der Waals surface area (Å²) in [5.74, 6) is -0.328. The summed E-state index contributed by atoms with van der Waals surface area (Å²) in [6.07, 6.45) is 0.583. The number of benzene rings is 2. The molecule has 0 aliphatic carbocycles. The second-order valence-electron chi connectivity index (χ2n) is 6.20. The summed E-state index contributed by atoms with van der Waals surface area (Å²) in [7, 11) is 1.35. The first kappa shape index (κ1) is 17.5. The number of nitrogens with one attached hydrogen (secondary N) is 1. The lowest BCUT2D eigenvalue weighted by molar-refractivity contribution is -0.141. The van der Waals surface area contributed by atoms with Gasteiger partial charge in [0, 0.05) is 12.1 Å². The lowest BCUT2D eigenvalue weighted by atomic mass is 9.85. The van der Waals surface area contributed by atoms with Gasteiger partial charge >= 0.3 is 12.0 Å². The molecule has 2 amide bonds. The molecule has 1 saturated heterocycles. The highest BCUT2D eigenvalue weighted by Gasteiger charge is 2.44. The zero-order chi connectivity index (χ0) is 18.6. The van der Waals surface area contributed by atoms with Crippen LogP contribution in [0.2, 0.25) is 0 Å². The van der Waals surface area contributed by atoms with E-state index < -0.39 is 5.54 Å². The largest absolute Gasteiger partial charge is 0.469 e. The van der Waals surface area contributed by atoms with E-state index in [0.29, 0.717) is 18.5 Å². The second-order valence-corrected chi connectivity index (χ2v) is 6.20. The van der Waals surface area contributed by atoms with Crippen molar-refractivity contribution in [2.45, 2.75) is 18.4 Å². The Balaban J connectivity index is 1.94. The van der Waals surface area contributed by atoms with Crippen LogP contribution >= 0.6 is 0 Å². The van der Waals surface area contributed by atoms with Gasteiger partial charge < -0.3 is 10.1 Å². The number of amides is 2. The number of nitrogens with zero attached hydrogens (tertiary/aromatic N) is 2. The first-order chi connectivity index (χ1) is 12.6. The van der Waals surface area contributed by atoms with E-state index in [0.717, 1.165) is 11.3 Å². The van der Waals surface area contributed by atoms with Crippen molar-refractivity contribution in [3.8, 4) is 6.07 Å². The standard InChI is InChI=1S/C20H19N3O3/c1-26-18(24)11-12-20(16-9-7-15(13-21)8-10-16)14-23(19(25)22-20)17-5-3-2-4-6-17/h2-10H,11-12,14H2,1H3,(H,22,25). The van der Waals surface area contributed by atoms with Crippen LogP contribution in [0.1, 0.15) is 24.0 Å². The molecule has 0 bridgehead atoms. The molecule has 1 aliphatic rings. The topological polar surface area (TPSA) is 82.4 Å². The number of esters is 1. The first-order valence-corrected chi connectivity index (χ1v) is 8.30. The number of urea groups is 1. The van der Waals surface area contributed by atoms with Crippen LogP contribution < -0.4 is 10.2 Å². The summed E-state index contributed by atoms with van der Waals surface area (Å²) in [4.78, 5) is 26.0. The quantitative estimate of drug-likeness (QED) is 0.842. The number of nitriles is 1. The summed E-state index contributed by atoms with van der Waals surface area (Å²) in [5.41, 5.74) is 1.46. The monoisotopic (exact) mass is 349 g/mol. The third-order valence-electron chi connectivity index (χ3n) is 4.64. The van der Waals surface area contributed by atoms with Gasteiger partial charge in [0.05, 0.1) is 30.8 Å². The van der Waals surface area contributed by atoms with Crippen LogP contribution in [0.15, 0.2) is 54.6 Å². The van der Waals surface area contributed by atoms with Gasteiger partial charge in [-0.2, -0.15) is 5.26 Å². The predicted molar refractivity (Wildman–Crippen MR) is 96.4 cm³/mol. The summed E-state index contributed by atoms with van der Waals surface area (Å²) in [6, 6.07) is 18.3. The molecule has 2 aromatic carbocycles. The van der Waals surface area contributed by atoms with Gasteiger partial charge in [-0.15, -0.1) is 0 Å². The maximum absolute atomic E-state index is 12.6. The molecule has 0 saturated carbocycles. The number of hydrogen-bond acceptors (Lipinski definition) is 4. The molecule has 0 aromatic heterocycles. The maximum atomic E-state index is 12.6. The van der Waals surface area contributed by atoms with Gasteiger partial charge in [-0.05, 0) is 36.2 Å². The van der Waals surface area contributed by atoms with Gasteiger partial charge in [0.2, 0.25) is 0 Å². The van der Waals surface area contributed by atoms with Gasteiger partial charge in [-0.25, -0.2) is 4.79 Å². The highest BCUT2D eigenvalue weighted by Crippen LogP contribution is 2.35. The minimum Gasteiger partial charge on any atom is -0.469 e. The number of rotatable bonds is 5. The van der Waals surface area contributed by atoms with Crippen molar-refractivity contribution in [3.05, 3.63) is 65.7 Å². The fourth-order valence-corrected chi connectivity index (χ4v) is 3.20. The zero-order valence-electron chi connectivity index (χ0n) is 14.4. The van der Waals surface area contributed by atoms with E-state index in [2.05, 4.69) is 11.4 Å². The van der Waals surface area contributed by atoms with E-state index in [9.17, 15) is 9.59 Å². The van der Waals surface area contributed by atoms with Crippen molar-refractivity contribution >= 4 is 17.7 Å². The van der Waals surface area contributed by atoms with Crippen LogP contribution in [0.25, 0.3) is 0 Å². The molecule has 26 heavy (non-hydrogen) atoms. The lowest BCUT2D eigenvalue weighted by Gasteiger charge is -2.29. The highest BCUT2D eigenvalue weighted by atomic mass is 16.5. The third kappa shape index (κ3) is 3.38. The third-order valence-corrected chi connectivity index (χ3v) is 4.64. The molecule has 2 aromatic rings. The molecule has 6 nitrogen and oxygen atoms in total. The van der Waals surface area contributed by atoms with Crippen molar-refractivity contribution in [1.29, 1.82) is 5.26 Å². The van der Waals surface area contributed by atoms with Gasteiger partial charge in [0.25, 0.3) is 0 Å². The Hall–Kier alpha value is -3.33. The average Bonchev–Trinajstić information content (AvgIpc) is 3.04. The van der Waals surface area contributed by atoms with Gasteiger partial charge in [-0.1, -0.05) is 30.3 Å². The number of para-hydroxylation sites is 1. The summed E-state index contributed by atoms with van der Waals surface area (Å²) < 4.78 is 4.76. The lowest BCUT2D eigenvalue weighted by Crippen LogP contribution is -2.41. The van der Waals surface area contributed by atoms with E-state index in [1.54, 1.807) is 17.0 Å². The van der Waals surface area contributed by atoms with Crippen molar-refractivity contribution in [2.24, 2.45) is 0 Å². The minimum atomic E-state index is -0.727. The second kappa shape index (κ2) is 7.28. The molecule has 3 rings (SSSR count). The Morgan fingerprint density at radius 3 is 2.54 bits per heavy atom. The number of hydrogen-bond donors (Lipinski definition) is 1. The van der Waals surface area contributed by atoms with E-state index in [1.165, 1.54) is 7.11 Å². The maximum Gasteiger partial charge on any atom is 0.322 e. The van der Waals surface area contributed by atoms with Crippen LogP contribution in [0, 0.1) is 11.3 Å². The Labute approximate surface area is 152 Å². The molecule has 132 valence electrons. The number of ether oxygens (including phenoxy) is 1. The van der Waals surface area contributed by atoms with Crippen LogP contribution in [0.3, 0.4) is 0 Å². The van der Waals surface area contributed by atoms with E-state index >= 15 is 0 Å². The van der Waals surface area contributed by atoms with E-state index in [4.69, 9.17) is 10.00 Å². The SMILES string of the molecule is COC(=O)CCC1(c2ccc(C#N)cc2)CN(c2ccccc2)C(=O)N1. The zero-order valence-corrected chi connectivity index (χ0v) is 14.4. The van der Waals surface area contributed by atoms with Gasteiger partial charge in [0.15, 0.2) is 0 Å². The van der Waals surface area contributed by atoms with Crippen LogP contribution in [0.4, 0.5) is 10.5 Å². The predicted octanol–water partition coefficient (Wildman–Crippen LogP) is 2.94. The molecule has 1 fully saturated rings. The summed E-state index contributed by atoms with van der Waals surface area (Å²) in [5, 5.41) is 12.1. The van der Waals surface area contributed by atoms with E-state index in [1.807, 2.05) is 42.5 Å². The fraction of sp³-hybridized carbons (Fsp3) is 0.250. The average molecular weight is 349 g/mol. The summed E-state index contributed by atoms with van der Waals surface area (Å²) >= 11 is 0. The molecule has 1 unspecified atom stereocenters.